The Bertz CT molecular complexity index is 711. The molecule has 1 aromatic carbocycles. The maximum Gasteiger partial charge on any atom is 0.252 e. The van der Waals surface area contributed by atoms with Crippen LogP contribution in [0.3, 0.4) is 0 Å². The van der Waals surface area contributed by atoms with Gasteiger partial charge in [0.15, 0.2) is 0 Å². The third-order valence-corrected chi connectivity index (χ3v) is 4.46. The van der Waals surface area contributed by atoms with Crippen molar-refractivity contribution in [2.24, 2.45) is 0 Å². The van der Waals surface area contributed by atoms with Gasteiger partial charge in [-0.2, -0.15) is 0 Å². The summed E-state index contributed by atoms with van der Waals surface area (Å²) in [6.45, 7) is 6.68. The van der Waals surface area contributed by atoms with Crippen LogP contribution < -0.4 is 10.9 Å². The van der Waals surface area contributed by atoms with Crippen LogP contribution in [0.1, 0.15) is 30.6 Å². The van der Waals surface area contributed by atoms with Gasteiger partial charge in [0.2, 0.25) is 5.95 Å². The van der Waals surface area contributed by atoms with Crippen molar-refractivity contribution in [2.45, 2.75) is 25.8 Å². The van der Waals surface area contributed by atoms with Gasteiger partial charge < -0.3 is 10.1 Å². The van der Waals surface area contributed by atoms with Crippen LogP contribution >= 0.6 is 0 Å². The summed E-state index contributed by atoms with van der Waals surface area (Å²) in [4.78, 5) is 21.7. The molecule has 0 amide bonds. The largest absolute Gasteiger partial charge is 0.379 e. The van der Waals surface area contributed by atoms with Gasteiger partial charge in [-0.15, -0.1) is 0 Å². The van der Waals surface area contributed by atoms with E-state index in [0.717, 1.165) is 56.9 Å². The Kier molecular flexibility index (Phi) is 6.19. The van der Waals surface area contributed by atoms with Crippen LogP contribution in [-0.2, 0) is 11.2 Å². The highest BCUT2D eigenvalue weighted by Crippen LogP contribution is 2.15. The fourth-order valence-electron chi connectivity index (χ4n) is 3.04. The molecule has 2 heterocycles. The number of anilines is 1. The molecular weight excluding hydrogens is 316 g/mol. The lowest BCUT2D eigenvalue weighted by atomic mass is 10.1. The molecule has 1 saturated heterocycles. The van der Waals surface area contributed by atoms with Gasteiger partial charge in [-0.1, -0.05) is 30.3 Å². The second-order valence-corrected chi connectivity index (χ2v) is 6.42. The van der Waals surface area contributed by atoms with Crippen molar-refractivity contribution in [1.29, 1.82) is 0 Å². The predicted octanol–water partition coefficient (Wildman–Crippen LogP) is 2.21. The lowest BCUT2D eigenvalue weighted by molar-refractivity contribution is 0.0374. The van der Waals surface area contributed by atoms with Gasteiger partial charge in [0.05, 0.1) is 19.3 Å². The van der Waals surface area contributed by atoms with E-state index in [0.29, 0.717) is 5.95 Å². The normalized spacial score (nSPS) is 16.5. The van der Waals surface area contributed by atoms with E-state index >= 15 is 0 Å². The number of hydrogen-bond donors (Lipinski definition) is 2. The molecule has 6 nitrogen and oxygen atoms in total. The van der Waals surface area contributed by atoms with Gasteiger partial charge >= 0.3 is 0 Å². The van der Waals surface area contributed by atoms with Gasteiger partial charge in [-0.3, -0.25) is 14.7 Å². The third-order valence-electron chi connectivity index (χ3n) is 4.46. The van der Waals surface area contributed by atoms with E-state index in [1.165, 1.54) is 0 Å². The van der Waals surface area contributed by atoms with Gasteiger partial charge in [0, 0.05) is 24.8 Å². The van der Waals surface area contributed by atoms with Gasteiger partial charge in [0.25, 0.3) is 5.56 Å². The van der Waals surface area contributed by atoms with Crippen LogP contribution in [0.4, 0.5) is 5.95 Å². The van der Waals surface area contributed by atoms with Crippen molar-refractivity contribution in [1.82, 2.24) is 14.9 Å². The molecule has 25 heavy (non-hydrogen) atoms. The molecule has 1 fully saturated rings. The summed E-state index contributed by atoms with van der Waals surface area (Å²) in [7, 11) is 0. The number of nitrogens with zero attached hydrogens (tertiary/aromatic N) is 2. The molecule has 0 spiro atoms. The first-order valence-electron chi connectivity index (χ1n) is 8.92. The summed E-state index contributed by atoms with van der Waals surface area (Å²) in [6, 6.07) is 11.8. The Morgan fingerprint density at radius 1 is 1.28 bits per heavy atom. The van der Waals surface area contributed by atoms with Crippen molar-refractivity contribution in [2.75, 3.05) is 38.2 Å². The molecule has 6 heteroatoms. The van der Waals surface area contributed by atoms with Crippen LogP contribution in [0.15, 0.2) is 41.2 Å². The smallest absolute Gasteiger partial charge is 0.252 e. The molecule has 134 valence electrons. The molecule has 1 unspecified atom stereocenters. The third kappa shape index (κ3) is 5.41. The number of nitrogens with one attached hydrogen (secondary N) is 2. The van der Waals surface area contributed by atoms with Crippen LogP contribution in [0.2, 0.25) is 0 Å². The number of aromatic amines is 1. The molecule has 1 aliphatic rings. The number of aromatic nitrogens is 2. The van der Waals surface area contributed by atoms with E-state index in [9.17, 15) is 4.79 Å². The summed E-state index contributed by atoms with van der Waals surface area (Å²) in [5.41, 5.74) is 1.88. The van der Waals surface area contributed by atoms with E-state index in [1.807, 2.05) is 18.2 Å². The average Bonchev–Trinajstić information content (AvgIpc) is 2.63. The molecule has 3 rings (SSSR count). The summed E-state index contributed by atoms with van der Waals surface area (Å²) in [5.74, 6) is 0.533. The standard InChI is InChI=1S/C19H26N4O2/c1-15(16-6-3-2-4-7-16)20-19-21-17(14-18(24)22-19)8-5-9-23-10-12-25-13-11-23/h2-4,6-7,14-15H,5,8-13H2,1H3,(H2,20,21,22,24). The van der Waals surface area contributed by atoms with Crippen molar-refractivity contribution in [3.05, 3.63) is 58.0 Å². The Hall–Kier alpha value is -2.18. The highest BCUT2D eigenvalue weighted by Gasteiger charge is 2.11. The maximum atomic E-state index is 11.9. The van der Waals surface area contributed by atoms with Crippen LogP contribution in [0, 0.1) is 0 Å². The van der Waals surface area contributed by atoms with Gasteiger partial charge in [-0.05, 0) is 31.9 Å². The van der Waals surface area contributed by atoms with Crippen molar-refractivity contribution < 1.29 is 4.74 Å². The van der Waals surface area contributed by atoms with Crippen molar-refractivity contribution in [3.63, 3.8) is 0 Å². The number of rotatable bonds is 7. The summed E-state index contributed by atoms with van der Waals surface area (Å²) < 4.78 is 5.36. The molecule has 0 aliphatic carbocycles. The Labute approximate surface area is 148 Å². The van der Waals surface area contributed by atoms with Crippen LogP contribution in [0.25, 0.3) is 0 Å². The predicted molar refractivity (Wildman–Crippen MR) is 98.9 cm³/mol. The van der Waals surface area contributed by atoms with Crippen LogP contribution in [-0.4, -0.2) is 47.7 Å². The number of ether oxygens (including phenoxy) is 1. The quantitative estimate of drug-likeness (QED) is 0.807. The maximum absolute atomic E-state index is 11.9. The zero-order valence-corrected chi connectivity index (χ0v) is 14.7. The van der Waals surface area contributed by atoms with E-state index in [4.69, 9.17) is 4.74 Å². The molecule has 1 aliphatic heterocycles. The SMILES string of the molecule is CC(Nc1nc(CCCN2CCOCC2)cc(=O)[nH]1)c1ccccc1. The number of H-pyrrole nitrogens is 1. The summed E-state index contributed by atoms with van der Waals surface area (Å²) >= 11 is 0. The topological polar surface area (TPSA) is 70.2 Å². The van der Waals surface area contributed by atoms with Crippen LogP contribution in [0.5, 0.6) is 0 Å². The first kappa shape index (κ1) is 17.6. The minimum atomic E-state index is -0.112. The van der Waals surface area contributed by atoms with E-state index in [1.54, 1.807) is 6.07 Å². The van der Waals surface area contributed by atoms with E-state index in [2.05, 4.69) is 39.2 Å². The molecule has 1 aromatic heterocycles. The minimum Gasteiger partial charge on any atom is -0.379 e. The molecule has 2 aromatic rings. The zero-order valence-electron chi connectivity index (χ0n) is 14.7. The molecular formula is C19H26N4O2. The van der Waals surface area contributed by atoms with Gasteiger partial charge in [0.1, 0.15) is 0 Å². The monoisotopic (exact) mass is 342 g/mol. The first-order chi connectivity index (χ1) is 12.2. The van der Waals surface area contributed by atoms with Crippen molar-refractivity contribution >= 4 is 5.95 Å². The van der Waals surface area contributed by atoms with E-state index < -0.39 is 0 Å². The highest BCUT2D eigenvalue weighted by atomic mass is 16.5. The summed E-state index contributed by atoms with van der Waals surface area (Å²) in [5, 5.41) is 3.29. The molecule has 0 bridgehead atoms. The molecule has 1 atom stereocenters. The highest BCUT2D eigenvalue weighted by molar-refractivity contribution is 5.31. The Morgan fingerprint density at radius 3 is 2.80 bits per heavy atom. The van der Waals surface area contributed by atoms with E-state index in [-0.39, 0.29) is 11.6 Å². The fraction of sp³-hybridized carbons (Fsp3) is 0.474. The average molecular weight is 342 g/mol. The zero-order chi connectivity index (χ0) is 17.5. The molecule has 0 saturated carbocycles. The minimum absolute atomic E-state index is 0.0768. The lowest BCUT2D eigenvalue weighted by Crippen LogP contribution is -2.37. The van der Waals surface area contributed by atoms with Crippen molar-refractivity contribution in [3.8, 4) is 0 Å². The first-order valence-corrected chi connectivity index (χ1v) is 8.92. The Balaban J connectivity index is 1.57. The Morgan fingerprint density at radius 2 is 2.04 bits per heavy atom. The fourth-order valence-corrected chi connectivity index (χ4v) is 3.04. The van der Waals surface area contributed by atoms with Gasteiger partial charge in [-0.25, -0.2) is 4.98 Å². The second-order valence-electron chi connectivity index (χ2n) is 6.42. The second kappa shape index (κ2) is 8.78. The molecule has 2 N–H and O–H groups in total. The summed E-state index contributed by atoms with van der Waals surface area (Å²) in [6.07, 6.45) is 1.79. The number of benzene rings is 1. The molecule has 0 radical (unpaired) electrons. The lowest BCUT2D eigenvalue weighted by Gasteiger charge is -2.26. The number of morpholine rings is 1. The number of aryl methyl sites for hydroxylation is 1. The number of hydrogen-bond acceptors (Lipinski definition) is 5.